The van der Waals surface area contributed by atoms with Crippen LogP contribution in [0.3, 0.4) is 0 Å². The molecule has 0 bridgehead atoms. The van der Waals surface area contributed by atoms with Gasteiger partial charge in [0, 0.05) is 17.7 Å². The van der Waals surface area contributed by atoms with E-state index in [1.54, 1.807) is 14.2 Å². The van der Waals surface area contributed by atoms with Crippen LogP contribution in [0.15, 0.2) is 18.2 Å². The summed E-state index contributed by atoms with van der Waals surface area (Å²) in [6, 6.07) is 5.90. The number of rotatable bonds is 4. The van der Waals surface area contributed by atoms with Gasteiger partial charge in [-0.05, 0) is 37.9 Å². The van der Waals surface area contributed by atoms with Crippen LogP contribution in [0.4, 0.5) is 0 Å². The fraction of sp³-hybridized carbons (Fsp3) is 0.571. The second-order valence-corrected chi connectivity index (χ2v) is 4.72. The number of nitrogens with one attached hydrogen (secondary N) is 1. The minimum Gasteiger partial charge on any atom is -0.497 e. The minimum atomic E-state index is 0.0351. The number of hydrogen-bond donors (Lipinski definition) is 2. The van der Waals surface area contributed by atoms with Crippen LogP contribution in [0.5, 0.6) is 11.5 Å². The number of piperidine rings is 1. The smallest absolute Gasteiger partial charge is 0.127 e. The van der Waals surface area contributed by atoms with E-state index in [0.717, 1.165) is 43.0 Å². The highest BCUT2D eigenvalue weighted by molar-refractivity contribution is 5.42. The van der Waals surface area contributed by atoms with Crippen LogP contribution in [-0.4, -0.2) is 27.3 Å². The summed E-state index contributed by atoms with van der Waals surface area (Å²) in [5.41, 5.74) is 7.46. The molecule has 0 spiro atoms. The zero-order valence-electron chi connectivity index (χ0n) is 11.1. The van der Waals surface area contributed by atoms with Crippen LogP contribution in [0.25, 0.3) is 0 Å². The third kappa shape index (κ3) is 2.76. The van der Waals surface area contributed by atoms with Gasteiger partial charge in [0.25, 0.3) is 0 Å². The quantitative estimate of drug-likeness (QED) is 0.854. The van der Waals surface area contributed by atoms with Crippen molar-refractivity contribution in [3.8, 4) is 11.5 Å². The summed E-state index contributed by atoms with van der Waals surface area (Å²) >= 11 is 0. The van der Waals surface area contributed by atoms with E-state index in [2.05, 4.69) is 5.32 Å². The second kappa shape index (κ2) is 6.07. The van der Waals surface area contributed by atoms with Gasteiger partial charge in [0.2, 0.25) is 0 Å². The molecule has 1 aromatic carbocycles. The molecule has 1 atom stereocenters. The maximum absolute atomic E-state index is 6.39. The van der Waals surface area contributed by atoms with Gasteiger partial charge in [-0.3, -0.25) is 0 Å². The molecule has 1 aliphatic rings. The van der Waals surface area contributed by atoms with Crippen molar-refractivity contribution in [1.29, 1.82) is 0 Å². The lowest BCUT2D eigenvalue weighted by Gasteiger charge is -2.29. The number of methoxy groups -OCH3 is 2. The fourth-order valence-corrected chi connectivity index (χ4v) is 2.55. The molecule has 0 amide bonds. The van der Waals surface area contributed by atoms with E-state index >= 15 is 0 Å². The van der Waals surface area contributed by atoms with Crippen molar-refractivity contribution in [3.63, 3.8) is 0 Å². The average molecular weight is 250 g/mol. The molecule has 0 aliphatic carbocycles. The molecule has 0 saturated carbocycles. The lowest BCUT2D eigenvalue weighted by Crippen LogP contribution is -2.33. The van der Waals surface area contributed by atoms with Crippen LogP contribution < -0.4 is 20.5 Å². The Morgan fingerprint density at radius 1 is 1.22 bits per heavy atom. The standard InChI is InChI=1S/C14H22N2O2/c1-17-11-3-4-12(13(9-11)18-2)14(15)10-5-7-16-8-6-10/h3-4,9-10,14,16H,5-8,15H2,1-2H3/t14-/m1/s1. The van der Waals surface area contributed by atoms with Gasteiger partial charge in [-0.1, -0.05) is 6.07 Å². The minimum absolute atomic E-state index is 0.0351. The van der Waals surface area contributed by atoms with E-state index in [1.165, 1.54) is 0 Å². The van der Waals surface area contributed by atoms with Crippen LogP contribution in [0.1, 0.15) is 24.4 Å². The van der Waals surface area contributed by atoms with Gasteiger partial charge in [-0.15, -0.1) is 0 Å². The molecule has 18 heavy (non-hydrogen) atoms. The van der Waals surface area contributed by atoms with Crippen molar-refractivity contribution in [2.24, 2.45) is 11.7 Å². The predicted molar refractivity (Wildman–Crippen MR) is 72.1 cm³/mol. The Hall–Kier alpha value is -1.26. The van der Waals surface area contributed by atoms with Crippen LogP contribution in [0, 0.1) is 5.92 Å². The van der Waals surface area contributed by atoms with E-state index in [4.69, 9.17) is 15.2 Å². The molecule has 2 rings (SSSR count). The summed E-state index contributed by atoms with van der Waals surface area (Å²) < 4.78 is 10.6. The highest BCUT2D eigenvalue weighted by atomic mass is 16.5. The Bertz CT molecular complexity index is 389. The summed E-state index contributed by atoms with van der Waals surface area (Å²) in [5, 5.41) is 3.36. The number of hydrogen-bond acceptors (Lipinski definition) is 4. The maximum atomic E-state index is 6.39. The monoisotopic (exact) mass is 250 g/mol. The molecule has 1 aromatic rings. The van der Waals surface area contributed by atoms with E-state index in [1.807, 2.05) is 18.2 Å². The highest BCUT2D eigenvalue weighted by Crippen LogP contribution is 2.34. The summed E-state index contributed by atoms with van der Waals surface area (Å²) in [5.74, 6) is 2.14. The average Bonchev–Trinajstić information content (AvgIpc) is 2.46. The molecule has 0 aromatic heterocycles. The maximum Gasteiger partial charge on any atom is 0.127 e. The molecule has 3 N–H and O–H groups in total. The first kappa shape index (κ1) is 13.2. The Labute approximate surface area is 108 Å². The first-order chi connectivity index (χ1) is 8.76. The van der Waals surface area contributed by atoms with Gasteiger partial charge < -0.3 is 20.5 Å². The lowest BCUT2D eigenvalue weighted by molar-refractivity contribution is 0.312. The lowest BCUT2D eigenvalue weighted by atomic mass is 9.86. The molecular formula is C14H22N2O2. The van der Waals surface area contributed by atoms with Gasteiger partial charge in [0.15, 0.2) is 0 Å². The summed E-state index contributed by atoms with van der Waals surface area (Å²) in [7, 11) is 3.33. The first-order valence-electron chi connectivity index (χ1n) is 6.44. The Morgan fingerprint density at radius 3 is 2.56 bits per heavy atom. The summed E-state index contributed by atoms with van der Waals surface area (Å²) in [4.78, 5) is 0. The topological polar surface area (TPSA) is 56.5 Å². The van der Waals surface area contributed by atoms with Gasteiger partial charge in [-0.25, -0.2) is 0 Å². The highest BCUT2D eigenvalue weighted by Gasteiger charge is 2.24. The predicted octanol–water partition coefficient (Wildman–Crippen LogP) is 1.70. The molecule has 1 fully saturated rings. The van der Waals surface area contributed by atoms with Crippen LogP contribution in [-0.2, 0) is 0 Å². The Morgan fingerprint density at radius 2 is 1.94 bits per heavy atom. The SMILES string of the molecule is COc1ccc([C@H](N)C2CCNCC2)c(OC)c1. The zero-order valence-corrected chi connectivity index (χ0v) is 11.1. The zero-order chi connectivity index (χ0) is 13.0. The van der Waals surface area contributed by atoms with Crippen molar-refractivity contribution < 1.29 is 9.47 Å². The van der Waals surface area contributed by atoms with Gasteiger partial charge in [0.1, 0.15) is 11.5 Å². The van der Waals surface area contributed by atoms with E-state index in [-0.39, 0.29) is 6.04 Å². The van der Waals surface area contributed by atoms with Crippen molar-refractivity contribution in [1.82, 2.24) is 5.32 Å². The fourth-order valence-electron chi connectivity index (χ4n) is 2.55. The third-order valence-electron chi connectivity index (χ3n) is 3.69. The van der Waals surface area contributed by atoms with Crippen molar-refractivity contribution in [3.05, 3.63) is 23.8 Å². The largest absolute Gasteiger partial charge is 0.497 e. The number of ether oxygens (including phenoxy) is 2. The van der Waals surface area contributed by atoms with Crippen molar-refractivity contribution in [2.45, 2.75) is 18.9 Å². The van der Waals surface area contributed by atoms with Crippen molar-refractivity contribution >= 4 is 0 Å². The summed E-state index contributed by atoms with van der Waals surface area (Å²) in [6.45, 7) is 2.10. The second-order valence-electron chi connectivity index (χ2n) is 4.72. The molecule has 4 heteroatoms. The molecular weight excluding hydrogens is 228 g/mol. The van der Waals surface area contributed by atoms with Gasteiger partial charge >= 0.3 is 0 Å². The molecule has 1 heterocycles. The van der Waals surface area contributed by atoms with Gasteiger partial charge in [0.05, 0.1) is 14.2 Å². The Kier molecular flexibility index (Phi) is 4.44. The number of nitrogens with two attached hydrogens (primary N) is 1. The van der Waals surface area contributed by atoms with E-state index in [9.17, 15) is 0 Å². The van der Waals surface area contributed by atoms with Crippen LogP contribution in [0.2, 0.25) is 0 Å². The molecule has 1 aliphatic heterocycles. The third-order valence-corrected chi connectivity index (χ3v) is 3.69. The first-order valence-corrected chi connectivity index (χ1v) is 6.44. The molecule has 1 saturated heterocycles. The van der Waals surface area contributed by atoms with E-state index in [0.29, 0.717) is 5.92 Å². The van der Waals surface area contributed by atoms with Crippen LogP contribution >= 0.6 is 0 Å². The van der Waals surface area contributed by atoms with Crippen molar-refractivity contribution in [2.75, 3.05) is 27.3 Å². The Balaban J connectivity index is 2.20. The van der Waals surface area contributed by atoms with Gasteiger partial charge in [-0.2, -0.15) is 0 Å². The molecule has 0 radical (unpaired) electrons. The number of benzene rings is 1. The molecule has 100 valence electrons. The summed E-state index contributed by atoms with van der Waals surface area (Å²) in [6.07, 6.45) is 2.24. The molecule has 0 unspecified atom stereocenters. The normalized spacial score (nSPS) is 18.4. The molecule has 4 nitrogen and oxygen atoms in total. The van der Waals surface area contributed by atoms with E-state index < -0.39 is 0 Å².